The summed E-state index contributed by atoms with van der Waals surface area (Å²) in [6, 6.07) is 1.75. The van der Waals surface area contributed by atoms with Gasteiger partial charge in [0.25, 0.3) is 0 Å². The monoisotopic (exact) mass is 379 g/mol. The molecule has 0 radical (unpaired) electrons. The molecule has 0 aliphatic heterocycles. The van der Waals surface area contributed by atoms with Crippen molar-refractivity contribution < 1.29 is 35.4 Å². The second kappa shape index (κ2) is 5.44. The number of ether oxygens (including phenoxy) is 1. The van der Waals surface area contributed by atoms with E-state index < -0.39 is 32.0 Å². The molecule has 0 heterocycles. The summed E-state index contributed by atoms with van der Waals surface area (Å²) in [5, 5.41) is 10.8. The van der Waals surface area contributed by atoms with Gasteiger partial charge in [0.1, 0.15) is 5.75 Å². The van der Waals surface area contributed by atoms with E-state index in [1.54, 1.807) is 0 Å². The Hall–Kier alpha value is -1.56. The van der Waals surface area contributed by atoms with Gasteiger partial charge in [-0.05, 0) is 22.0 Å². The van der Waals surface area contributed by atoms with Gasteiger partial charge in [0, 0.05) is 0 Å². The Labute approximate surface area is 118 Å². The predicted molar refractivity (Wildman–Crippen MR) is 63.0 cm³/mol. The summed E-state index contributed by atoms with van der Waals surface area (Å²) in [6.07, 6.45) is 0. The van der Waals surface area contributed by atoms with Gasteiger partial charge in [-0.3, -0.25) is 10.1 Å². The summed E-state index contributed by atoms with van der Waals surface area (Å²) in [5.41, 5.74) is -6.70. The Bertz CT molecular complexity index is 644. The average molecular weight is 380 g/mol. The lowest BCUT2D eigenvalue weighted by Gasteiger charge is -2.11. The smallest absolute Gasteiger partial charge is 0.496 e. The first-order valence-corrected chi connectivity index (χ1v) is 6.72. The van der Waals surface area contributed by atoms with Gasteiger partial charge in [0.15, 0.2) is 0 Å². The van der Waals surface area contributed by atoms with Crippen LogP contribution in [0.5, 0.6) is 11.5 Å². The second-order valence-corrected chi connectivity index (χ2v) is 5.59. The first-order valence-electron chi connectivity index (χ1n) is 4.52. The molecular weight excluding hydrogens is 375 g/mol. The summed E-state index contributed by atoms with van der Waals surface area (Å²) < 4.78 is 66.5. The molecule has 0 saturated carbocycles. The topological polar surface area (TPSA) is 95.7 Å². The Morgan fingerprint density at radius 3 is 2.30 bits per heavy atom. The lowest BCUT2D eigenvalue weighted by atomic mass is 10.3. The molecule has 0 atom stereocenters. The molecule has 0 N–H and O–H groups in total. The van der Waals surface area contributed by atoms with Crippen LogP contribution in [0.3, 0.4) is 0 Å². The van der Waals surface area contributed by atoms with Crippen LogP contribution >= 0.6 is 15.9 Å². The summed E-state index contributed by atoms with van der Waals surface area (Å²) >= 11 is 2.69. The normalized spacial score (nSPS) is 12.1. The fraction of sp³-hybridized carbons (Fsp3) is 0.250. The minimum atomic E-state index is -6.02. The molecule has 7 nitrogen and oxygen atoms in total. The molecule has 0 unspecified atom stereocenters. The lowest BCUT2D eigenvalue weighted by molar-refractivity contribution is -0.385. The summed E-state index contributed by atoms with van der Waals surface area (Å²) in [5.74, 6) is -1.16. The van der Waals surface area contributed by atoms with Crippen LogP contribution in [0.4, 0.5) is 18.9 Å². The number of alkyl halides is 3. The number of nitro benzene ring substituents is 1. The molecule has 0 bridgehead atoms. The Morgan fingerprint density at radius 2 is 1.90 bits per heavy atom. The average Bonchev–Trinajstić information content (AvgIpc) is 2.29. The lowest BCUT2D eigenvalue weighted by Crippen LogP contribution is -2.28. The maximum Gasteiger partial charge on any atom is 0.534 e. The highest BCUT2D eigenvalue weighted by Gasteiger charge is 2.49. The van der Waals surface area contributed by atoms with E-state index in [0.717, 1.165) is 12.1 Å². The zero-order valence-electron chi connectivity index (χ0n) is 9.47. The SMILES string of the molecule is COc1cc(Br)c(OS(=O)(=O)C(F)(F)F)c([N+](=O)[O-])c1. The third-order valence-corrected chi connectivity index (χ3v) is 3.45. The van der Waals surface area contributed by atoms with Crippen LogP contribution in [0.1, 0.15) is 0 Å². The third kappa shape index (κ3) is 3.30. The molecule has 0 aliphatic rings. The van der Waals surface area contributed by atoms with Crippen molar-refractivity contribution in [2.75, 3.05) is 7.11 Å². The Balaban J connectivity index is 3.43. The number of methoxy groups -OCH3 is 1. The number of nitrogens with zero attached hydrogens (tertiary/aromatic N) is 1. The van der Waals surface area contributed by atoms with Crippen LogP contribution < -0.4 is 8.92 Å². The molecule has 1 aromatic carbocycles. The van der Waals surface area contributed by atoms with Gasteiger partial charge in [-0.1, -0.05) is 0 Å². The quantitative estimate of drug-likeness (QED) is 0.345. The third-order valence-electron chi connectivity index (χ3n) is 1.91. The van der Waals surface area contributed by atoms with Gasteiger partial charge < -0.3 is 8.92 Å². The molecule has 0 aromatic heterocycles. The van der Waals surface area contributed by atoms with E-state index >= 15 is 0 Å². The highest BCUT2D eigenvalue weighted by atomic mass is 79.9. The fourth-order valence-corrected chi connectivity index (χ4v) is 2.15. The summed E-state index contributed by atoms with van der Waals surface area (Å²) in [6.45, 7) is 0. The van der Waals surface area contributed by atoms with E-state index in [-0.39, 0.29) is 10.2 Å². The van der Waals surface area contributed by atoms with Crippen LogP contribution in [-0.4, -0.2) is 26.0 Å². The molecule has 0 aliphatic carbocycles. The van der Waals surface area contributed by atoms with E-state index in [9.17, 15) is 31.7 Å². The van der Waals surface area contributed by atoms with Crippen molar-refractivity contribution >= 4 is 31.7 Å². The van der Waals surface area contributed by atoms with Gasteiger partial charge in [-0.25, -0.2) is 0 Å². The molecule has 112 valence electrons. The zero-order chi connectivity index (χ0) is 15.7. The van der Waals surface area contributed by atoms with Crippen molar-refractivity contribution in [1.82, 2.24) is 0 Å². The van der Waals surface area contributed by atoms with Crippen molar-refractivity contribution in [3.63, 3.8) is 0 Å². The number of rotatable bonds is 4. The highest BCUT2D eigenvalue weighted by Crippen LogP contribution is 2.41. The van der Waals surface area contributed by atoms with Crippen LogP contribution in [0.2, 0.25) is 0 Å². The molecule has 20 heavy (non-hydrogen) atoms. The van der Waals surface area contributed by atoms with E-state index in [0.29, 0.717) is 0 Å². The molecule has 12 heteroatoms. The van der Waals surface area contributed by atoms with Gasteiger partial charge in [0.05, 0.1) is 22.6 Å². The minimum Gasteiger partial charge on any atom is -0.496 e. The first-order chi connectivity index (χ1) is 8.99. The number of benzene rings is 1. The molecule has 0 saturated heterocycles. The maximum absolute atomic E-state index is 12.2. The predicted octanol–water partition coefficient (Wildman–Crippen LogP) is 2.59. The van der Waals surface area contributed by atoms with E-state index in [2.05, 4.69) is 24.8 Å². The van der Waals surface area contributed by atoms with E-state index in [1.807, 2.05) is 0 Å². The molecule has 1 aromatic rings. The number of halogens is 4. The highest BCUT2D eigenvalue weighted by molar-refractivity contribution is 9.10. The maximum atomic E-state index is 12.2. The summed E-state index contributed by atoms with van der Waals surface area (Å²) in [4.78, 5) is 9.65. The van der Waals surface area contributed by atoms with Crippen LogP contribution in [0, 0.1) is 10.1 Å². The van der Waals surface area contributed by atoms with Gasteiger partial charge >= 0.3 is 21.3 Å². The van der Waals surface area contributed by atoms with Crippen molar-refractivity contribution in [3.8, 4) is 11.5 Å². The second-order valence-electron chi connectivity index (χ2n) is 3.20. The summed E-state index contributed by atoms with van der Waals surface area (Å²) in [7, 11) is -4.86. The van der Waals surface area contributed by atoms with Crippen LogP contribution in [-0.2, 0) is 10.1 Å². The number of hydrogen-bond acceptors (Lipinski definition) is 6. The van der Waals surface area contributed by atoms with E-state index in [1.165, 1.54) is 7.11 Å². The molecular formula is C8H5BrF3NO6S. The van der Waals surface area contributed by atoms with Gasteiger partial charge in [0.2, 0.25) is 5.75 Å². The molecule has 0 spiro atoms. The zero-order valence-corrected chi connectivity index (χ0v) is 11.9. The standard InChI is InChI=1S/C8H5BrF3NO6S/c1-18-4-2-5(9)7(6(3-4)13(14)15)19-20(16,17)8(10,11)12/h2-3H,1H3. The van der Waals surface area contributed by atoms with E-state index in [4.69, 9.17) is 0 Å². The van der Waals surface area contributed by atoms with Crippen LogP contribution in [0.25, 0.3) is 0 Å². The fourth-order valence-electron chi connectivity index (χ4n) is 1.05. The van der Waals surface area contributed by atoms with Crippen molar-refractivity contribution in [1.29, 1.82) is 0 Å². The van der Waals surface area contributed by atoms with Crippen LogP contribution in [0.15, 0.2) is 16.6 Å². The Kier molecular flexibility index (Phi) is 4.49. The molecule has 0 amide bonds. The van der Waals surface area contributed by atoms with Gasteiger partial charge in [-0.15, -0.1) is 0 Å². The van der Waals surface area contributed by atoms with Crippen molar-refractivity contribution in [2.24, 2.45) is 0 Å². The first kappa shape index (κ1) is 16.5. The van der Waals surface area contributed by atoms with Crippen molar-refractivity contribution in [2.45, 2.75) is 5.51 Å². The Morgan fingerprint density at radius 1 is 1.35 bits per heavy atom. The molecule has 1 rings (SSSR count). The van der Waals surface area contributed by atoms with Gasteiger partial charge in [-0.2, -0.15) is 21.6 Å². The van der Waals surface area contributed by atoms with Crippen molar-refractivity contribution in [3.05, 3.63) is 26.7 Å². The molecule has 0 fully saturated rings. The number of hydrogen-bond donors (Lipinski definition) is 0. The number of nitro groups is 1. The largest absolute Gasteiger partial charge is 0.534 e. The minimum absolute atomic E-state index is 0.0691.